The van der Waals surface area contributed by atoms with Crippen LogP contribution in [0.1, 0.15) is 17.3 Å². The van der Waals surface area contributed by atoms with E-state index < -0.39 is 5.82 Å². The monoisotopic (exact) mass is 395 g/mol. The van der Waals surface area contributed by atoms with Crippen LogP contribution >= 0.6 is 0 Å². The van der Waals surface area contributed by atoms with Crippen molar-refractivity contribution in [2.24, 2.45) is 0 Å². The van der Waals surface area contributed by atoms with Gasteiger partial charge in [0.25, 0.3) is 0 Å². The van der Waals surface area contributed by atoms with Crippen LogP contribution in [0.15, 0.2) is 60.8 Å². The summed E-state index contributed by atoms with van der Waals surface area (Å²) < 4.78 is 27.1. The Kier molecular flexibility index (Phi) is 5.12. The van der Waals surface area contributed by atoms with Gasteiger partial charge in [-0.2, -0.15) is 0 Å². The molecule has 2 amide bonds. The van der Waals surface area contributed by atoms with Gasteiger partial charge < -0.3 is 24.3 Å². The summed E-state index contributed by atoms with van der Waals surface area (Å²) in [5.74, 6) is 0.812. The number of hydrogen-bond donors (Lipinski definition) is 1. The zero-order valence-corrected chi connectivity index (χ0v) is 16.3. The van der Waals surface area contributed by atoms with E-state index in [-0.39, 0.29) is 17.8 Å². The van der Waals surface area contributed by atoms with Crippen molar-refractivity contribution in [2.75, 3.05) is 26.1 Å². The molecule has 3 aromatic rings. The molecule has 0 aliphatic carbocycles. The molecule has 0 saturated carbocycles. The molecule has 1 aliphatic rings. The number of carbonyl (C=O) groups excluding carboxylic acids is 1. The number of nitrogens with zero attached hydrogens (tertiary/aromatic N) is 2. The minimum absolute atomic E-state index is 0.152. The summed E-state index contributed by atoms with van der Waals surface area (Å²) >= 11 is 0. The lowest BCUT2D eigenvalue weighted by Gasteiger charge is -2.37. The fraction of sp³-hybridized carbons (Fsp3) is 0.227. The Hall–Kier alpha value is -3.48. The smallest absolute Gasteiger partial charge is 0.322 e. The molecule has 6 nitrogen and oxygen atoms in total. The molecule has 2 aromatic carbocycles. The first-order valence-corrected chi connectivity index (χ1v) is 9.31. The molecule has 150 valence electrons. The highest BCUT2D eigenvalue weighted by Gasteiger charge is 2.34. The molecule has 1 aromatic heterocycles. The lowest BCUT2D eigenvalue weighted by molar-refractivity contribution is 0.180. The number of hydrogen-bond acceptors (Lipinski definition) is 3. The van der Waals surface area contributed by atoms with Gasteiger partial charge in [-0.15, -0.1) is 0 Å². The van der Waals surface area contributed by atoms with Crippen molar-refractivity contribution in [3.05, 3.63) is 77.9 Å². The number of aromatic nitrogens is 1. The van der Waals surface area contributed by atoms with Crippen molar-refractivity contribution in [3.8, 4) is 11.5 Å². The third kappa shape index (κ3) is 3.51. The van der Waals surface area contributed by atoms with Crippen LogP contribution in [0.5, 0.6) is 11.5 Å². The van der Waals surface area contributed by atoms with Crippen LogP contribution in [-0.4, -0.2) is 36.3 Å². The zero-order valence-electron chi connectivity index (χ0n) is 16.3. The van der Waals surface area contributed by atoms with Crippen molar-refractivity contribution in [3.63, 3.8) is 0 Å². The topological polar surface area (TPSA) is 55.7 Å². The summed E-state index contributed by atoms with van der Waals surface area (Å²) in [6.07, 6.45) is 1.99. The average molecular weight is 395 g/mol. The van der Waals surface area contributed by atoms with E-state index in [4.69, 9.17) is 9.47 Å². The third-order valence-electron chi connectivity index (χ3n) is 5.15. The van der Waals surface area contributed by atoms with E-state index in [1.807, 2.05) is 30.5 Å². The first kappa shape index (κ1) is 18.9. The number of anilines is 1. The number of para-hydroxylation sites is 1. The van der Waals surface area contributed by atoms with Crippen molar-refractivity contribution < 1.29 is 18.7 Å². The molecule has 1 N–H and O–H groups in total. The highest BCUT2D eigenvalue weighted by atomic mass is 19.1. The second-order valence-electron chi connectivity index (χ2n) is 6.74. The second-order valence-corrected chi connectivity index (χ2v) is 6.74. The minimum atomic E-state index is -0.472. The summed E-state index contributed by atoms with van der Waals surface area (Å²) in [7, 11) is 3.18. The fourth-order valence-electron chi connectivity index (χ4n) is 3.72. The quantitative estimate of drug-likeness (QED) is 0.717. The number of ether oxygens (including phenoxy) is 2. The molecule has 4 rings (SSSR count). The van der Waals surface area contributed by atoms with E-state index in [0.717, 1.165) is 11.3 Å². The summed E-state index contributed by atoms with van der Waals surface area (Å²) in [6, 6.07) is 14.9. The number of methoxy groups -OCH3 is 2. The van der Waals surface area contributed by atoms with Crippen LogP contribution in [0.25, 0.3) is 0 Å². The number of benzene rings is 2. The molecule has 0 spiro atoms. The molecule has 1 aliphatic heterocycles. The largest absolute Gasteiger partial charge is 0.497 e. The molecule has 0 bridgehead atoms. The number of urea groups is 1. The normalized spacial score (nSPS) is 15.6. The number of amides is 2. The van der Waals surface area contributed by atoms with Crippen LogP contribution in [0.4, 0.5) is 14.9 Å². The molecule has 29 heavy (non-hydrogen) atoms. The lowest BCUT2D eigenvalue weighted by Crippen LogP contribution is -2.44. The maximum absolute atomic E-state index is 14.1. The van der Waals surface area contributed by atoms with E-state index >= 15 is 0 Å². The lowest BCUT2D eigenvalue weighted by atomic mass is 9.99. The van der Waals surface area contributed by atoms with Crippen molar-refractivity contribution in [1.29, 1.82) is 0 Å². The van der Waals surface area contributed by atoms with Gasteiger partial charge in [-0.1, -0.05) is 12.1 Å². The zero-order chi connectivity index (χ0) is 20.4. The van der Waals surface area contributed by atoms with Crippen LogP contribution < -0.4 is 14.8 Å². The molecule has 0 unspecified atom stereocenters. The van der Waals surface area contributed by atoms with Crippen molar-refractivity contribution in [2.45, 2.75) is 12.6 Å². The number of halogens is 1. The number of rotatable bonds is 4. The predicted octanol–water partition coefficient (Wildman–Crippen LogP) is 4.28. The van der Waals surface area contributed by atoms with Crippen LogP contribution in [-0.2, 0) is 6.54 Å². The molecule has 2 heterocycles. The Morgan fingerprint density at radius 1 is 1.07 bits per heavy atom. The molecule has 0 radical (unpaired) electrons. The maximum atomic E-state index is 14.1. The van der Waals surface area contributed by atoms with Crippen LogP contribution in [0.2, 0.25) is 0 Å². The Morgan fingerprint density at radius 2 is 1.90 bits per heavy atom. The number of nitrogens with one attached hydrogen (secondary N) is 1. The van der Waals surface area contributed by atoms with Gasteiger partial charge in [0, 0.05) is 36.6 Å². The van der Waals surface area contributed by atoms with Crippen LogP contribution in [0, 0.1) is 5.82 Å². The Bertz CT molecular complexity index is 1030. The van der Waals surface area contributed by atoms with E-state index in [0.29, 0.717) is 24.6 Å². The highest BCUT2D eigenvalue weighted by Crippen LogP contribution is 2.39. The second kappa shape index (κ2) is 7.87. The Labute approximate surface area is 168 Å². The maximum Gasteiger partial charge on any atom is 0.322 e. The van der Waals surface area contributed by atoms with Crippen molar-refractivity contribution in [1.82, 2.24) is 9.47 Å². The SMILES string of the molecule is COc1ccc([C@H]2c3cccn3CCN2C(=O)Nc2ccccc2F)c(OC)c1. The minimum Gasteiger partial charge on any atom is -0.497 e. The average Bonchev–Trinajstić information content (AvgIpc) is 3.23. The van der Waals surface area contributed by atoms with Gasteiger partial charge in [0.2, 0.25) is 0 Å². The molecule has 1 atom stereocenters. The van der Waals surface area contributed by atoms with Gasteiger partial charge in [-0.05, 0) is 36.4 Å². The number of fused-ring (bicyclic) bond motifs is 1. The summed E-state index contributed by atoms with van der Waals surface area (Å²) in [4.78, 5) is 14.8. The van der Waals surface area contributed by atoms with Gasteiger partial charge in [0.15, 0.2) is 0 Å². The predicted molar refractivity (Wildman–Crippen MR) is 108 cm³/mol. The Balaban J connectivity index is 1.74. The highest BCUT2D eigenvalue weighted by molar-refractivity contribution is 5.90. The summed E-state index contributed by atoms with van der Waals surface area (Å²) in [5.41, 5.74) is 1.94. The molecule has 0 fully saturated rings. The van der Waals surface area contributed by atoms with Gasteiger partial charge in [-0.25, -0.2) is 9.18 Å². The first-order chi connectivity index (χ1) is 14.1. The van der Waals surface area contributed by atoms with E-state index in [2.05, 4.69) is 9.88 Å². The van der Waals surface area contributed by atoms with E-state index in [1.165, 1.54) is 6.07 Å². The molecular formula is C22H22FN3O3. The van der Waals surface area contributed by atoms with Crippen LogP contribution in [0.3, 0.4) is 0 Å². The summed E-state index contributed by atoms with van der Waals surface area (Å²) in [5, 5.41) is 2.70. The number of carbonyl (C=O) groups is 1. The van der Waals surface area contributed by atoms with Crippen molar-refractivity contribution >= 4 is 11.7 Å². The Morgan fingerprint density at radius 3 is 2.66 bits per heavy atom. The molecule has 0 saturated heterocycles. The first-order valence-electron chi connectivity index (χ1n) is 9.31. The van der Waals surface area contributed by atoms with Gasteiger partial charge in [0.05, 0.1) is 19.9 Å². The van der Waals surface area contributed by atoms with E-state index in [1.54, 1.807) is 43.4 Å². The molecule has 7 heteroatoms. The fourth-order valence-corrected chi connectivity index (χ4v) is 3.72. The molecular weight excluding hydrogens is 373 g/mol. The third-order valence-corrected chi connectivity index (χ3v) is 5.15. The van der Waals surface area contributed by atoms with Gasteiger partial charge in [0.1, 0.15) is 23.4 Å². The van der Waals surface area contributed by atoms with E-state index in [9.17, 15) is 9.18 Å². The summed E-state index contributed by atoms with van der Waals surface area (Å²) in [6.45, 7) is 1.13. The van der Waals surface area contributed by atoms with Gasteiger partial charge >= 0.3 is 6.03 Å². The van der Waals surface area contributed by atoms with Gasteiger partial charge in [-0.3, -0.25) is 0 Å². The standard InChI is InChI=1S/C22H22FN3O3/c1-28-15-9-10-16(20(14-15)29-2)21-19-8-5-11-25(19)12-13-26(21)22(27)24-18-7-4-3-6-17(18)23/h3-11,14,21H,12-13H2,1-2H3,(H,24,27)/t21-/m0/s1.